The fraction of sp³-hybridized carbons (Fsp3) is 0.500. The minimum absolute atomic E-state index is 0.0823. The molecule has 1 saturated carbocycles. The van der Waals surface area contributed by atoms with Crippen molar-refractivity contribution in [3.05, 3.63) is 28.0 Å². The van der Waals surface area contributed by atoms with E-state index in [0.29, 0.717) is 19.0 Å². The summed E-state index contributed by atoms with van der Waals surface area (Å²) in [5, 5.41) is 10.7. The van der Waals surface area contributed by atoms with Crippen LogP contribution in [0.2, 0.25) is 0 Å². The molecule has 1 fully saturated rings. The first-order valence-corrected chi connectivity index (χ1v) is 8.08. The van der Waals surface area contributed by atoms with E-state index >= 15 is 0 Å². The SMILES string of the molecule is Cc1cc(OC(F)F)c(C(=O)NCCc2nncn2C2CC2)s1. The summed E-state index contributed by atoms with van der Waals surface area (Å²) in [4.78, 5) is 13.0. The van der Waals surface area contributed by atoms with Crippen LogP contribution in [0.1, 0.15) is 39.3 Å². The lowest BCUT2D eigenvalue weighted by atomic mass is 10.3. The Hall–Kier alpha value is -2.03. The van der Waals surface area contributed by atoms with Crippen molar-refractivity contribution in [1.29, 1.82) is 0 Å². The van der Waals surface area contributed by atoms with Crippen LogP contribution in [0.3, 0.4) is 0 Å². The Bertz CT molecular complexity index is 697. The van der Waals surface area contributed by atoms with Crippen molar-refractivity contribution in [3.8, 4) is 5.75 Å². The van der Waals surface area contributed by atoms with Gasteiger partial charge in [-0.05, 0) is 25.8 Å². The van der Waals surface area contributed by atoms with Crippen molar-refractivity contribution >= 4 is 17.2 Å². The van der Waals surface area contributed by atoms with E-state index < -0.39 is 12.5 Å². The van der Waals surface area contributed by atoms with Crippen molar-refractivity contribution in [2.75, 3.05) is 6.54 Å². The summed E-state index contributed by atoms with van der Waals surface area (Å²) >= 11 is 1.13. The number of hydrogen-bond donors (Lipinski definition) is 1. The molecule has 0 spiro atoms. The van der Waals surface area contributed by atoms with E-state index in [-0.39, 0.29) is 10.6 Å². The molecule has 9 heteroatoms. The number of thiophene rings is 1. The van der Waals surface area contributed by atoms with Gasteiger partial charge in [0, 0.05) is 23.9 Å². The molecule has 124 valence electrons. The Balaban J connectivity index is 1.58. The van der Waals surface area contributed by atoms with Gasteiger partial charge in [-0.2, -0.15) is 8.78 Å². The number of nitrogens with one attached hydrogen (secondary N) is 1. The molecular formula is C14H16F2N4O2S. The van der Waals surface area contributed by atoms with Gasteiger partial charge in [0.05, 0.1) is 0 Å². The lowest BCUT2D eigenvalue weighted by molar-refractivity contribution is -0.0498. The van der Waals surface area contributed by atoms with E-state index in [9.17, 15) is 13.6 Å². The number of aromatic nitrogens is 3. The maximum Gasteiger partial charge on any atom is 0.387 e. The number of carbonyl (C=O) groups is 1. The zero-order valence-corrected chi connectivity index (χ0v) is 13.3. The summed E-state index contributed by atoms with van der Waals surface area (Å²) < 4.78 is 31.1. The average Bonchev–Trinajstić information content (AvgIpc) is 3.11. The minimum atomic E-state index is -2.95. The first-order chi connectivity index (χ1) is 11.0. The van der Waals surface area contributed by atoms with Crippen LogP contribution in [0.15, 0.2) is 12.4 Å². The second-order valence-corrected chi connectivity index (χ2v) is 6.58. The highest BCUT2D eigenvalue weighted by atomic mass is 32.1. The van der Waals surface area contributed by atoms with Crippen molar-refractivity contribution in [1.82, 2.24) is 20.1 Å². The maximum absolute atomic E-state index is 12.4. The number of halogens is 2. The van der Waals surface area contributed by atoms with Crippen LogP contribution >= 0.6 is 11.3 Å². The Labute approximate surface area is 135 Å². The molecule has 2 aromatic heterocycles. The van der Waals surface area contributed by atoms with Crippen LogP contribution in [0.4, 0.5) is 8.78 Å². The average molecular weight is 342 g/mol. The van der Waals surface area contributed by atoms with Gasteiger partial charge in [-0.3, -0.25) is 4.79 Å². The maximum atomic E-state index is 12.4. The van der Waals surface area contributed by atoms with Gasteiger partial charge < -0.3 is 14.6 Å². The van der Waals surface area contributed by atoms with E-state index in [2.05, 4.69) is 20.3 Å². The molecule has 23 heavy (non-hydrogen) atoms. The van der Waals surface area contributed by atoms with Gasteiger partial charge in [-0.15, -0.1) is 21.5 Å². The van der Waals surface area contributed by atoms with Gasteiger partial charge in [-0.25, -0.2) is 0 Å². The summed E-state index contributed by atoms with van der Waals surface area (Å²) in [5.74, 6) is 0.316. The number of rotatable bonds is 7. The summed E-state index contributed by atoms with van der Waals surface area (Å²) in [6, 6.07) is 1.91. The summed E-state index contributed by atoms with van der Waals surface area (Å²) in [6.07, 6.45) is 4.49. The molecule has 3 rings (SSSR count). The number of aryl methyl sites for hydroxylation is 1. The third-order valence-electron chi connectivity index (χ3n) is 3.47. The Morgan fingerprint density at radius 3 is 3.04 bits per heavy atom. The van der Waals surface area contributed by atoms with Crippen molar-refractivity contribution in [2.24, 2.45) is 0 Å². The highest BCUT2D eigenvalue weighted by Gasteiger charge is 2.26. The van der Waals surface area contributed by atoms with Gasteiger partial charge in [-0.1, -0.05) is 0 Å². The first kappa shape index (κ1) is 15.9. The molecule has 0 atom stereocenters. The fourth-order valence-electron chi connectivity index (χ4n) is 2.30. The standard InChI is InChI=1S/C14H16F2N4O2S/c1-8-6-10(22-14(15)16)12(23-8)13(21)17-5-4-11-19-18-7-20(11)9-2-3-9/h6-7,9,14H,2-5H2,1H3,(H,17,21). The fourth-order valence-corrected chi connectivity index (χ4v) is 3.16. The number of nitrogens with zero attached hydrogens (tertiary/aromatic N) is 3. The monoisotopic (exact) mass is 342 g/mol. The Morgan fingerprint density at radius 1 is 1.57 bits per heavy atom. The second kappa shape index (κ2) is 6.61. The second-order valence-electron chi connectivity index (χ2n) is 5.32. The largest absolute Gasteiger partial charge is 0.433 e. The van der Waals surface area contributed by atoms with E-state index in [1.54, 1.807) is 13.3 Å². The topological polar surface area (TPSA) is 69.0 Å². The van der Waals surface area contributed by atoms with Crippen LogP contribution in [0.25, 0.3) is 0 Å². The quantitative estimate of drug-likeness (QED) is 0.840. The predicted octanol–water partition coefficient (Wildman–Crippen LogP) is 2.56. The van der Waals surface area contributed by atoms with Crippen LogP contribution in [-0.2, 0) is 6.42 Å². The normalized spacial score (nSPS) is 14.3. The minimum Gasteiger partial charge on any atom is -0.433 e. The van der Waals surface area contributed by atoms with E-state index in [1.807, 2.05) is 4.57 Å². The molecule has 1 aliphatic carbocycles. The molecule has 0 unspecified atom stereocenters. The molecule has 0 saturated heterocycles. The molecule has 1 N–H and O–H groups in total. The number of amides is 1. The third kappa shape index (κ3) is 3.84. The van der Waals surface area contributed by atoms with Gasteiger partial charge in [0.2, 0.25) is 0 Å². The molecule has 1 amide bonds. The van der Waals surface area contributed by atoms with Crippen molar-refractivity contribution < 1.29 is 18.3 Å². The molecule has 0 bridgehead atoms. The molecule has 0 aliphatic heterocycles. The predicted molar refractivity (Wildman–Crippen MR) is 80.0 cm³/mol. The summed E-state index contributed by atoms with van der Waals surface area (Å²) in [6.45, 7) is -0.861. The number of hydrogen-bond acceptors (Lipinski definition) is 5. The molecule has 0 aromatic carbocycles. The molecular weight excluding hydrogens is 326 g/mol. The Kier molecular flexibility index (Phi) is 4.56. The van der Waals surface area contributed by atoms with Gasteiger partial charge in [0.25, 0.3) is 5.91 Å². The van der Waals surface area contributed by atoms with E-state index in [1.165, 1.54) is 6.07 Å². The van der Waals surface area contributed by atoms with Crippen LogP contribution in [-0.4, -0.2) is 33.8 Å². The van der Waals surface area contributed by atoms with Crippen molar-refractivity contribution in [3.63, 3.8) is 0 Å². The lowest BCUT2D eigenvalue weighted by Crippen LogP contribution is -2.26. The zero-order chi connectivity index (χ0) is 16.4. The molecule has 1 aliphatic rings. The molecule has 0 radical (unpaired) electrons. The van der Waals surface area contributed by atoms with E-state index in [0.717, 1.165) is 34.9 Å². The van der Waals surface area contributed by atoms with Gasteiger partial charge in [0.15, 0.2) is 0 Å². The Morgan fingerprint density at radius 2 is 2.35 bits per heavy atom. The molecule has 6 nitrogen and oxygen atoms in total. The number of alkyl halides is 2. The van der Waals surface area contributed by atoms with Crippen LogP contribution < -0.4 is 10.1 Å². The summed E-state index contributed by atoms with van der Waals surface area (Å²) in [5.41, 5.74) is 0. The van der Waals surface area contributed by atoms with Crippen molar-refractivity contribution in [2.45, 2.75) is 38.8 Å². The number of carbonyl (C=O) groups excluding carboxylic acids is 1. The lowest BCUT2D eigenvalue weighted by Gasteiger charge is -2.07. The smallest absolute Gasteiger partial charge is 0.387 e. The first-order valence-electron chi connectivity index (χ1n) is 7.26. The van der Waals surface area contributed by atoms with E-state index in [4.69, 9.17) is 0 Å². The van der Waals surface area contributed by atoms with Gasteiger partial charge in [0.1, 0.15) is 22.8 Å². The highest BCUT2D eigenvalue weighted by molar-refractivity contribution is 7.14. The zero-order valence-electron chi connectivity index (χ0n) is 12.5. The third-order valence-corrected chi connectivity index (χ3v) is 4.50. The summed E-state index contributed by atoms with van der Waals surface area (Å²) in [7, 11) is 0. The van der Waals surface area contributed by atoms with Gasteiger partial charge >= 0.3 is 6.61 Å². The number of ether oxygens (including phenoxy) is 1. The molecule has 2 heterocycles. The van der Waals surface area contributed by atoms with Crippen LogP contribution in [0, 0.1) is 6.92 Å². The highest BCUT2D eigenvalue weighted by Crippen LogP contribution is 2.35. The van der Waals surface area contributed by atoms with Crippen LogP contribution in [0.5, 0.6) is 5.75 Å². The molecule has 2 aromatic rings.